The number of rotatable bonds is 12. The lowest BCUT2D eigenvalue weighted by molar-refractivity contribution is 0.0739. The number of benzene rings is 4. The molecule has 0 aromatic heterocycles. The molecular weight excluding hydrogens is 474 g/mol. The molecule has 0 aliphatic heterocycles. The lowest BCUT2D eigenvalue weighted by Crippen LogP contribution is -2.32. The quantitative estimate of drug-likeness (QED) is 0.174. The topological polar surface area (TPSA) is 20.3 Å². The van der Waals surface area contributed by atoms with Crippen molar-refractivity contribution in [3.8, 4) is 0 Å². The molecule has 0 atom stereocenters. The summed E-state index contributed by atoms with van der Waals surface area (Å²) in [5, 5.41) is 0.689. The molecular formula is C34H36ClNO. The van der Waals surface area contributed by atoms with Gasteiger partial charge in [0.1, 0.15) is 0 Å². The van der Waals surface area contributed by atoms with E-state index in [1.165, 1.54) is 36.0 Å². The normalized spacial score (nSPS) is 11.0. The summed E-state index contributed by atoms with van der Waals surface area (Å²) in [5.74, 6) is 0.241. The van der Waals surface area contributed by atoms with Crippen molar-refractivity contribution in [2.24, 2.45) is 0 Å². The maximum Gasteiger partial charge on any atom is 0.254 e. The third-order valence-corrected chi connectivity index (χ3v) is 7.34. The summed E-state index contributed by atoms with van der Waals surface area (Å²) in [6.45, 7) is 3.32. The molecule has 0 radical (unpaired) electrons. The van der Waals surface area contributed by atoms with Gasteiger partial charge in [0.05, 0.1) is 0 Å². The predicted molar refractivity (Wildman–Crippen MR) is 155 cm³/mol. The Morgan fingerprint density at radius 2 is 1.35 bits per heavy atom. The van der Waals surface area contributed by atoms with Gasteiger partial charge in [0.2, 0.25) is 0 Å². The van der Waals surface area contributed by atoms with Crippen LogP contribution in [0.1, 0.15) is 71.1 Å². The molecule has 4 aromatic rings. The number of unbranched alkanes of at least 4 members (excludes halogenated alkanes) is 2. The number of hydrogen-bond donors (Lipinski definition) is 0. The molecule has 2 nitrogen and oxygen atoms in total. The van der Waals surface area contributed by atoms with Gasteiger partial charge in [-0.2, -0.15) is 0 Å². The fourth-order valence-corrected chi connectivity index (χ4v) is 5.04. The maximum atomic E-state index is 13.8. The van der Waals surface area contributed by atoms with Crippen LogP contribution >= 0.6 is 11.6 Å². The molecule has 0 aliphatic carbocycles. The zero-order valence-corrected chi connectivity index (χ0v) is 22.4. The maximum absolute atomic E-state index is 13.8. The Morgan fingerprint density at radius 3 is 1.95 bits per heavy atom. The Kier molecular flexibility index (Phi) is 9.97. The van der Waals surface area contributed by atoms with Crippen LogP contribution in [-0.2, 0) is 13.0 Å². The molecule has 0 saturated heterocycles. The van der Waals surface area contributed by atoms with Gasteiger partial charge < -0.3 is 4.90 Å². The number of amides is 1. The third-order valence-electron chi connectivity index (χ3n) is 6.97. The van der Waals surface area contributed by atoms with E-state index in [1.807, 2.05) is 53.4 Å². The van der Waals surface area contributed by atoms with Crippen LogP contribution in [0.15, 0.2) is 109 Å². The monoisotopic (exact) mass is 509 g/mol. The van der Waals surface area contributed by atoms with Crippen molar-refractivity contribution in [2.75, 3.05) is 6.54 Å². The van der Waals surface area contributed by atoms with Crippen molar-refractivity contribution in [3.63, 3.8) is 0 Å². The summed E-state index contributed by atoms with van der Waals surface area (Å²) >= 11 is 6.52. The lowest BCUT2D eigenvalue weighted by Gasteiger charge is -2.27. The minimum absolute atomic E-state index is 0.0416. The second-order valence-corrected chi connectivity index (χ2v) is 10.0. The lowest BCUT2D eigenvalue weighted by atomic mass is 9.88. The molecule has 0 heterocycles. The molecule has 4 aromatic carbocycles. The Morgan fingerprint density at radius 1 is 0.757 bits per heavy atom. The highest BCUT2D eigenvalue weighted by atomic mass is 35.5. The summed E-state index contributed by atoms with van der Waals surface area (Å²) < 4.78 is 0. The molecule has 0 saturated carbocycles. The second kappa shape index (κ2) is 13.8. The van der Waals surface area contributed by atoms with E-state index in [4.69, 9.17) is 11.6 Å². The van der Waals surface area contributed by atoms with Crippen molar-refractivity contribution < 1.29 is 4.79 Å². The van der Waals surface area contributed by atoms with Crippen LogP contribution in [0.3, 0.4) is 0 Å². The van der Waals surface area contributed by atoms with Crippen LogP contribution in [0.4, 0.5) is 0 Å². The summed E-state index contributed by atoms with van der Waals surface area (Å²) in [6.07, 6.45) is 5.50. The fraction of sp³-hybridized carbons (Fsp3) is 0.265. The number of halogens is 1. The van der Waals surface area contributed by atoms with Crippen LogP contribution in [0, 0.1) is 0 Å². The van der Waals surface area contributed by atoms with E-state index in [-0.39, 0.29) is 11.8 Å². The zero-order chi connectivity index (χ0) is 25.9. The summed E-state index contributed by atoms with van der Waals surface area (Å²) in [6, 6.07) is 37.1. The first-order valence-corrected chi connectivity index (χ1v) is 13.7. The highest BCUT2D eigenvalue weighted by molar-refractivity contribution is 6.31. The van der Waals surface area contributed by atoms with Gasteiger partial charge in [-0.3, -0.25) is 4.79 Å². The van der Waals surface area contributed by atoms with Crippen molar-refractivity contribution in [1.29, 1.82) is 0 Å². The molecule has 0 aliphatic rings. The van der Waals surface area contributed by atoms with E-state index in [9.17, 15) is 4.79 Å². The van der Waals surface area contributed by atoms with E-state index in [1.54, 1.807) is 0 Å². The Bertz CT molecular complexity index is 1200. The van der Waals surface area contributed by atoms with Gasteiger partial charge in [-0.1, -0.05) is 122 Å². The first-order chi connectivity index (χ1) is 18.2. The number of hydrogen-bond acceptors (Lipinski definition) is 1. The number of aryl methyl sites for hydroxylation is 1. The van der Waals surface area contributed by atoms with E-state index >= 15 is 0 Å². The number of carbonyl (C=O) groups is 1. The van der Waals surface area contributed by atoms with Crippen LogP contribution in [0.25, 0.3) is 0 Å². The van der Waals surface area contributed by atoms with E-state index in [2.05, 4.69) is 67.6 Å². The summed E-state index contributed by atoms with van der Waals surface area (Å²) in [4.78, 5) is 15.8. The molecule has 0 unspecified atom stereocenters. The van der Waals surface area contributed by atoms with E-state index in [0.29, 0.717) is 18.1 Å². The number of carbonyl (C=O) groups excluding carboxylic acids is 1. The summed E-state index contributed by atoms with van der Waals surface area (Å²) in [7, 11) is 0. The van der Waals surface area contributed by atoms with E-state index < -0.39 is 0 Å². The van der Waals surface area contributed by atoms with Gasteiger partial charge in [0, 0.05) is 29.6 Å². The SMILES string of the molecule is CCCCCc1ccc(C(=O)N(CCC(c2ccccc2)c2ccccc2)Cc2ccccc2Cl)cc1. The van der Waals surface area contributed by atoms with Gasteiger partial charge in [-0.25, -0.2) is 0 Å². The van der Waals surface area contributed by atoms with Crippen LogP contribution in [0.2, 0.25) is 5.02 Å². The third kappa shape index (κ3) is 7.57. The number of nitrogens with zero attached hydrogens (tertiary/aromatic N) is 1. The van der Waals surface area contributed by atoms with Gasteiger partial charge in [0.15, 0.2) is 0 Å². The minimum atomic E-state index is 0.0416. The van der Waals surface area contributed by atoms with Gasteiger partial charge in [-0.05, 0) is 59.7 Å². The van der Waals surface area contributed by atoms with Crippen LogP contribution < -0.4 is 0 Å². The molecule has 190 valence electrons. The molecule has 0 fully saturated rings. The first-order valence-electron chi connectivity index (χ1n) is 13.4. The van der Waals surface area contributed by atoms with Crippen molar-refractivity contribution in [2.45, 2.75) is 51.5 Å². The van der Waals surface area contributed by atoms with E-state index in [0.717, 1.165) is 24.0 Å². The Balaban J connectivity index is 1.57. The largest absolute Gasteiger partial charge is 0.334 e. The molecule has 3 heteroatoms. The smallest absolute Gasteiger partial charge is 0.254 e. The predicted octanol–water partition coefficient (Wildman–Crippen LogP) is 8.94. The minimum Gasteiger partial charge on any atom is -0.334 e. The molecule has 0 spiro atoms. The van der Waals surface area contributed by atoms with Crippen LogP contribution in [0.5, 0.6) is 0 Å². The van der Waals surface area contributed by atoms with Gasteiger partial charge in [0.25, 0.3) is 5.91 Å². The molecule has 37 heavy (non-hydrogen) atoms. The van der Waals surface area contributed by atoms with Crippen LogP contribution in [-0.4, -0.2) is 17.4 Å². The summed E-state index contributed by atoms with van der Waals surface area (Å²) in [5.41, 5.74) is 5.49. The molecule has 0 N–H and O–H groups in total. The Hall–Kier alpha value is -3.36. The second-order valence-electron chi connectivity index (χ2n) is 9.63. The fourth-order valence-electron chi connectivity index (χ4n) is 4.84. The Labute approximate surface area is 226 Å². The van der Waals surface area contributed by atoms with Gasteiger partial charge >= 0.3 is 0 Å². The van der Waals surface area contributed by atoms with Crippen molar-refractivity contribution in [3.05, 3.63) is 142 Å². The first kappa shape index (κ1) is 26.7. The van der Waals surface area contributed by atoms with Crippen molar-refractivity contribution >= 4 is 17.5 Å². The highest BCUT2D eigenvalue weighted by Crippen LogP contribution is 2.29. The van der Waals surface area contributed by atoms with Crippen molar-refractivity contribution in [1.82, 2.24) is 4.90 Å². The van der Waals surface area contributed by atoms with Gasteiger partial charge in [-0.15, -0.1) is 0 Å². The standard InChI is InChI=1S/C34H36ClNO/c1-2-3-6-13-27-20-22-30(23-21-27)34(37)36(26-31-18-11-12-19-33(31)35)25-24-32(28-14-7-4-8-15-28)29-16-9-5-10-17-29/h4-5,7-12,14-23,32H,2-3,6,13,24-26H2,1H3. The average molecular weight is 510 g/mol. The molecule has 4 rings (SSSR count). The average Bonchev–Trinajstić information content (AvgIpc) is 2.95. The zero-order valence-electron chi connectivity index (χ0n) is 21.7. The molecule has 1 amide bonds. The highest BCUT2D eigenvalue weighted by Gasteiger charge is 2.21. The molecule has 0 bridgehead atoms.